The third kappa shape index (κ3) is 6.62. The molecule has 1 heterocycles. The molecule has 1 aliphatic heterocycles. The normalized spacial score (nSPS) is 14.6. The van der Waals surface area contributed by atoms with Crippen molar-refractivity contribution < 1.29 is 27.5 Å². The summed E-state index contributed by atoms with van der Waals surface area (Å²) in [6.07, 6.45) is 2.35. The summed E-state index contributed by atoms with van der Waals surface area (Å²) in [6, 6.07) is 4.98. The van der Waals surface area contributed by atoms with Crippen LogP contribution in [0.3, 0.4) is 0 Å². The topological polar surface area (TPSA) is 93.2 Å². The van der Waals surface area contributed by atoms with Crippen LogP contribution in [0.2, 0.25) is 0 Å². The molecule has 1 fully saturated rings. The van der Waals surface area contributed by atoms with Gasteiger partial charge in [-0.1, -0.05) is 19.8 Å². The first kappa shape index (κ1) is 23.0. The lowest BCUT2D eigenvalue weighted by molar-refractivity contribution is -0.129. The van der Waals surface area contributed by atoms with Crippen molar-refractivity contribution >= 4 is 21.7 Å². The Labute approximate surface area is 172 Å². The lowest BCUT2D eigenvalue weighted by Gasteiger charge is -2.34. The lowest BCUT2D eigenvalue weighted by Crippen LogP contribution is -2.51. The SMILES string of the molecule is CCCCCS(=O)(=O)CC(=O)N1CCN(C(=O)c2cc(OC)cc(OC)c2)CC1. The average Bonchev–Trinajstić information content (AvgIpc) is 2.72. The third-order valence-electron chi connectivity index (χ3n) is 4.92. The van der Waals surface area contributed by atoms with E-state index < -0.39 is 21.5 Å². The summed E-state index contributed by atoms with van der Waals surface area (Å²) in [7, 11) is -0.355. The first-order valence-corrected chi connectivity index (χ1v) is 11.6. The molecule has 9 heteroatoms. The van der Waals surface area contributed by atoms with E-state index in [2.05, 4.69) is 0 Å². The Morgan fingerprint density at radius 2 is 1.48 bits per heavy atom. The summed E-state index contributed by atoms with van der Waals surface area (Å²) in [5.74, 6) is 0.0585. The average molecular weight is 427 g/mol. The first-order chi connectivity index (χ1) is 13.8. The molecule has 2 amide bonds. The number of nitrogens with zero attached hydrogens (tertiary/aromatic N) is 2. The van der Waals surface area contributed by atoms with Crippen molar-refractivity contribution in [2.75, 3.05) is 51.9 Å². The van der Waals surface area contributed by atoms with Crippen LogP contribution in [-0.4, -0.2) is 81.9 Å². The number of rotatable bonds is 9. The number of carbonyl (C=O) groups excluding carboxylic acids is 2. The van der Waals surface area contributed by atoms with Crippen molar-refractivity contribution in [3.8, 4) is 11.5 Å². The third-order valence-corrected chi connectivity index (χ3v) is 6.52. The molecule has 0 unspecified atom stereocenters. The van der Waals surface area contributed by atoms with Gasteiger partial charge in [0.2, 0.25) is 5.91 Å². The number of unbranched alkanes of at least 4 members (excludes halogenated alkanes) is 2. The van der Waals surface area contributed by atoms with Crippen molar-refractivity contribution in [2.45, 2.75) is 26.2 Å². The maximum atomic E-state index is 12.8. The number of amides is 2. The van der Waals surface area contributed by atoms with Crippen LogP contribution in [0.15, 0.2) is 18.2 Å². The van der Waals surface area contributed by atoms with Gasteiger partial charge < -0.3 is 19.3 Å². The monoisotopic (exact) mass is 426 g/mol. The van der Waals surface area contributed by atoms with E-state index in [1.54, 1.807) is 23.1 Å². The molecule has 0 atom stereocenters. The standard InChI is InChI=1S/C20H30N2O6S/c1-4-5-6-11-29(25,26)15-19(23)21-7-9-22(10-8-21)20(24)16-12-17(27-2)14-18(13-16)28-3/h12-14H,4-11,15H2,1-3H3. The molecule has 0 saturated carbocycles. The maximum Gasteiger partial charge on any atom is 0.254 e. The Kier molecular flexibility index (Phi) is 8.31. The highest BCUT2D eigenvalue weighted by Crippen LogP contribution is 2.23. The van der Waals surface area contributed by atoms with Gasteiger partial charge in [-0.2, -0.15) is 0 Å². The summed E-state index contributed by atoms with van der Waals surface area (Å²) in [4.78, 5) is 28.3. The Morgan fingerprint density at radius 1 is 0.931 bits per heavy atom. The summed E-state index contributed by atoms with van der Waals surface area (Å²) < 4.78 is 34.6. The molecule has 1 saturated heterocycles. The Balaban J connectivity index is 1.93. The fourth-order valence-electron chi connectivity index (χ4n) is 3.20. The van der Waals surface area contributed by atoms with E-state index in [1.807, 2.05) is 6.92 Å². The molecule has 1 aromatic rings. The molecule has 1 aromatic carbocycles. The summed E-state index contributed by atoms with van der Waals surface area (Å²) >= 11 is 0. The predicted molar refractivity (Wildman–Crippen MR) is 110 cm³/mol. The Hall–Kier alpha value is -2.29. The minimum Gasteiger partial charge on any atom is -0.497 e. The van der Waals surface area contributed by atoms with Crippen LogP contribution < -0.4 is 9.47 Å². The Morgan fingerprint density at radius 3 is 2.00 bits per heavy atom. The van der Waals surface area contributed by atoms with Crippen LogP contribution in [0.1, 0.15) is 36.5 Å². The van der Waals surface area contributed by atoms with E-state index in [-0.39, 0.29) is 11.7 Å². The van der Waals surface area contributed by atoms with Crippen LogP contribution in [0, 0.1) is 0 Å². The molecule has 0 aliphatic carbocycles. The number of piperazine rings is 1. The van der Waals surface area contributed by atoms with Crippen LogP contribution in [0.5, 0.6) is 11.5 Å². The summed E-state index contributed by atoms with van der Waals surface area (Å²) in [6.45, 7) is 3.33. The van der Waals surface area contributed by atoms with E-state index in [0.29, 0.717) is 49.7 Å². The molecule has 2 rings (SSSR count). The number of sulfone groups is 1. The van der Waals surface area contributed by atoms with Crippen molar-refractivity contribution in [1.82, 2.24) is 9.80 Å². The zero-order valence-corrected chi connectivity index (χ0v) is 18.2. The zero-order valence-electron chi connectivity index (χ0n) is 17.3. The number of benzene rings is 1. The van der Waals surface area contributed by atoms with Crippen molar-refractivity contribution in [3.05, 3.63) is 23.8 Å². The number of hydrogen-bond acceptors (Lipinski definition) is 6. The second-order valence-electron chi connectivity index (χ2n) is 7.07. The lowest BCUT2D eigenvalue weighted by atomic mass is 10.1. The van der Waals surface area contributed by atoms with Gasteiger partial charge in [0, 0.05) is 37.8 Å². The van der Waals surface area contributed by atoms with E-state index in [1.165, 1.54) is 19.1 Å². The molecule has 29 heavy (non-hydrogen) atoms. The molecular formula is C20H30N2O6S. The molecule has 1 aliphatic rings. The molecule has 162 valence electrons. The minimum atomic E-state index is -3.39. The quantitative estimate of drug-likeness (QED) is 0.557. The van der Waals surface area contributed by atoms with Gasteiger partial charge in [-0.15, -0.1) is 0 Å². The van der Waals surface area contributed by atoms with Gasteiger partial charge in [0.05, 0.1) is 20.0 Å². The van der Waals surface area contributed by atoms with Gasteiger partial charge in [0.25, 0.3) is 5.91 Å². The van der Waals surface area contributed by atoms with Gasteiger partial charge in [0.15, 0.2) is 9.84 Å². The van der Waals surface area contributed by atoms with Gasteiger partial charge in [-0.3, -0.25) is 9.59 Å². The van der Waals surface area contributed by atoms with Crippen LogP contribution >= 0.6 is 0 Å². The highest BCUT2D eigenvalue weighted by Gasteiger charge is 2.27. The molecule has 0 spiro atoms. The zero-order chi connectivity index (χ0) is 21.4. The molecule has 0 bridgehead atoms. The van der Waals surface area contributed by atoms with E-state index >= 15 is 0 Å². The highest BCUT2D eigenvalue weighted by atomic mass is 32.2. The van der Waals surface area contributed by atoms with Crippen LogP contribution in [-0.2, 0) is 14.6 Å². The van der Waals surface area contributed by atoms with Gasteiger partial charge >= 0.3 is 0 Å². The van der Waals surface area contributed by atoms with Gasteiger partial charge in [0.1, 0.15) is 17.3 Å². The van der Waals surface area contributed by atoms with E-state index in [0.717, 1.165) is 12.8 Å². The maximum absolute atomic E-state index is 12.8. The van der Waals surface area contributed by atoms with E-state index in [9.17, 15) is 18.0 Å². The Bertz CT molecular complexity index is 794. The van der Waals surface area contributed by atoms with Gasteiger partial charge in [-0.05, 0) is 18.6 Å². The molecule has 0 N–H and O–H groups in total. The molecular weight excluding hydrogens is 396 g/mol. The number of hydrogen-bond donors (Lipinski definition) is 0. The van der Waals surface area contributed by atoms with Crippen molar-refractivity contribution in [1.29, 1.82) is 0 Å². The number of carbonyl (C=O) groups is 2. The number of methoxy groups -OCH3 is 2. The fraction of sp³-hybridized carbons (Fsp3) is 0.600. The summed E-state index contributed by atoms with van der Waals surface area (Å²) in [5.41, 5.74) is 0.444. The first-order valence-electron chi connectivity index (χ1n) is 9.80. The smallest absolute Gasteiger partial charge is 0.254 e. The van der Waals surface area contributed by atoms with Crippen LogP contribution in [0.4, 0.5) is 0 Å². The van der Waals surface area contributed by atoms with Gasteiger partial charge in [-0.25, -0.2) is 8.42 Å². The second-order valence-corrected chi connectivity index (χ2v) is 9.26. The largest absolute Gasteiger partial charge is 0.497 e. The number of ether oxygens (including phenoxy) is 2. The minimum absolute atomic E-state index is 0.0443. The highest BCUT2D eigenvalue weighted by molar-refractivity contribution is 7.92. The van der Waals surface area contributed by atoms with Crippen LogP contribution in [0.25, 0.3) is 0 Å². The van der Waals surface area contributed by atoms with Crippen molar-refractivity contribution in [3.63, 3.8) is 0 Å². The molecule has 0 aromatic heterocycles. The van der Waals surface area contributed by atoms with Crippen molar-refractivity contribution in [2.24, 2.45) is 0 Å². The molecule has 0 radical (unpaired) electrons. The summed E-state index contributed by atoms with van der Waals surface area (Å²) in [5, 5.41) is 0. The molecule has 8 nitrogen and oxygen atoms in total. The van der Waals surface area contributed by atoms with E-state index in [4.69, 9.17) is 9.47 Å². The fourth-order valence-corrected chi connectivity index (χ4v) is 4.54. The predicted octanol–water partition coefficient (Wildman–Crippen LogP) is 1.59. The second kappa shape index (κ2) is 10.5.